The molecule has 0 nitrogen and oxygen atoms in total. The number of hydrogen-bond donors (Lipinski definition) is 0. The van der Waals surface area contributed by atoms with Gasteiger partial charge in [-0.15, -0.1) is 0 Å². The fourth-order valence-electron chi connectivity index (χ4n) is 0. The van der Waals surface area contributed by atoms with Crippen molar-refractivity contribution in [2.45, 2.75) is 0 Å². The van der Waals surface area contributed by atoms with E-state index in [1.807, 2.05) is 0 Å². The summed E-state index contributed by atoms with van der Waals surface area (Å²) < 4.78 is 0. The average molecular weight is 335 g/mol. The van der Waals surface area contributed by atoms with Crippen molar-refractivity contribution in [1.82, 2.24) is 0 Å². The molecule has 0 aromatic carbocycles. The second kappa shape index (κ2) is 22.4. The fourth-order valence-corrected chi connectivity index (χ4v) is 0. The summed E-state index contributed by atoms with van der Waals surface area (Å²) in [5.41, 5.74) is 0. The van der Waals surface area contributed by atoms with Gasteiger partial charge in [0, 0.05) is 0 Å². The van der Waals surface area contributed by atoms with Crippen LogP contribution in [0.4, 0.5) is 0 Å². The van der Waals surface area contributed by atoms with E-state index in [1.54, 1.807) is 0 Å². The third kappa shape index (κ3) is 18.2. The summed E-state index contributed by atoms with van der Waals surface area (Å²) in [6.45, 7) is 0. The minimum absolute atomic E-state index is 0. The molecule has 5 heavy (non-hydrogen) atoms. The van der Waals surface area contributed by atoms with Crippen LogP contribution < -0.4 is 80.9 Å². The summed E-state index contributed by atoms with van der Waals surface area (Å²) in [5, 5.41) is 0. The van der Waals surface area contributed by atoms with Crippen molar-refractivity contribution in [3.05, 3.63) is 0 Å². The molecule has 0 saturated carbocycles. The predicted molar refractivity (Wildman–Crippen MR) is 26.2 cm³/mol. The van der Waals surface area contributed by atoms with Gasteiger partial charge in [-0.05, 0) is 0 Å². The molecule has 0 heterocycles. The van der Waals surface area contributed by atoms with E-state index in [0.717, 1.165) is 0 Å². The van der Waals surface area contributed by atoms with E-state index in [0.29, 0.717) is 0 Å². The number of rotatable bonds is 0. The zero-order chi connectivity index (χ0) is 0. The first-order valence-corrected chi connectivity index (χ1v) is 0. The van der Waals surface area contributed by atoms with Crippen LogP contribution in [0.2, 0.25) is 0 Å². The van der Waals surface area contributed by atoms with Crippen LogP contribution in [-0.4, -0.2) is 132 Å². The Morgan fingerprint density at radius 1 is 1.20 bits per heavy atom. The largest absolute Gasteiger partial charge is 2.00 e. The molecule has 16 valence electrons. The second-order valence-corrected chi connectivity index (χ2v) is 0. The molecule has 0 aromatic rings. The maximum absolute atomic E-state index is 0. The first-order chi connectivity index (χ1) is 0. The van der Waals surface area contributed by atoms with E-state index in [4.69, 9.17) is 0 Å². The van der Waals surface area contributed by atoms with E-state index in [1.165, 1.54) is 0 Å². The van der Waals surface area contributed by atoms with Gasteiger partial charge in [0.15, 0.2) is 0 Å². The van der Waals surface area contributed by atoms with Gasteiger partial charge >= 0.3 is 213 Å². The topological polar surface area (TPSA) is 0 Å². The van der Waals surface area contributed by atoms with Crippen molar-refractivity contribution < 1.29 is 92.4 Å². The van der Waals surface area contributed by atoms with Crippen molar-refractivity contribution in [2.24, 2.45) is 0 Å². The van der Waals surface area contributed by atoms with Gasteiger partial charge in [0.25, 0.3) is 0 Å². The standard InChI is InChI=1S/Ba.Ca.K.Na.Sr.8H/q2*+2;2*+1;+2;8*-1. The summed E-state index contributed by atoms with van der Waals surface area (Å²) in [7, 11) is 0. The molecule has 0 unspecified atom stereocenters. The van der Waals surface area contributed by atoms with Gasteiger partial charge in [0.2, 0.25) is 0 Å². The van der Waals surface area contributed by atoms with E-state index in [-0.39, 0.29) is 224 Å². The molecule has 0 amide bonds. The smallest absolute Gasteiger partial charge is 1.00 e. The summed E-state index contributed by atoms with van der Waals surface area (Å²) in [5.74, 6) is 0. The second-order valence-electron chi connectivity index (χ2n) is 0. The normalized spacial score (nSPS) is 0. The molecule has 0 aliphatic rings. The summed E-state index contributed by atoms with van der Waals surface area (Å²) in [4.78, 5) is 0. The molecule has 0 atom stereocenters. The monoisotopic (exact) mass is 336 g/mol. The zero-order valence-electron chi connectivity index (χ0n) is 12.1. The van der Waals surface area contributed by atoms with Gasteiger partial charge < -0.3 is 11.4 Å². The van der Waals surface area contributed by atoms with Crippen LogP contribution in [0.5, 0.6) is 0 Å². The first-order valence-electron chi connectivity index (χ1n) is 0. The molecule has 0 bridgehead atoms. The van der Waals surface area contributed by atoms with Crippen LogP contribution in [0.3, 0.4) is 0 Å². The minimum Gasteiger partial charge on any atom is -1.00 e. The molecule has 0 aromatic heterocycles. The Labute approximate surface area is 217 Å². The van der Waals surface area contributed by atoms with Crippen molar-refractivity contribution in [2.75, 3.05) is 0 Å². The van der Waals surface area contributed by atoms with Gasteiger partial charge in [0.05, 0.1) is 0 Å². The average Bonchev–Trinajstić information content (AvgIpc) is 0. The molecule has 0 radical (unpaired) electrons. The molecular weight excluding hydrogens is 327 g/mol. The van der Waals surface area contributed by atoms with Gasteiger partial charge in [0.1, 0.15) is 0 Å². The van der Waals surface area contributed by atoms with Crippen molar-refractivity contribution >= 4 is 132 Å². The maximum atomic E-state index is 0. The van der Waals surface area contributed by atoms with Crippen molar-refractivity contribution in [3.8, 4) is 0 Å². The van der Waals surface area contributed by atoms with Gasteiger partial charge in [-0.3, -0.25) is 0 Å². The Bertz CT molecular complexity index is 24.1. The molecule has 0 saturated heterocycles. The third-order valence-electron chi connectivity index (χ3n) is 0. The molecule has 0 fully saturated rings. The van der Waals surface area contributed by atoms with E-state index in [2.05, 4.69) is 0 Å². The fraction of sp³-hybridized carbons (Fsp3) is 0. The predicted octanol–water partition coefficient (Wildman–Crippen LogP) is -6.23. The molecule has 0 aliphatic heterocycles. The van der Waals surface area contributed by atoms with E-state index < -0.39 is 0 Å². The zero-order valence-corrected chi connectivity index (χ0v) is 19.4. The Kier molecular flexibility index (Phi) is 133. The van der Waals surface area contributed by atoms with Crippen LogP contribution in [0, 0.1) is 0 Å². The molecule has 5 heteroatoms. The molecule has 0 rings (SSSR count). The first kappa shape index (κ1) is 29.7. The van der Waals surface area contributed by atoms with Crippen LogP contribution in [0.25, 0.3) is 0 Å². The Balaban J connectivity index is 0. The number of hydrogen-bond acceptors (Lipinski definition) is 0. The van der Waals surface area contributed by atoms with Crippen LogP contribution >= 0.6 is 0 Å². The molecule has 0 aliphatic carbocycles. The van der Waals surface area contributed by atoms with Crippen LogP contribution in [0.15, 0.2) is 0 Å². The molecule has 0 spiro atoms. The third-order valence-corrected chi connectivity index (χ3v) is 0. The summed E-state index contributed by atoms with van der Waals surface area (Å²) in [6.07, 6.45) is 0. The van der Waals surface area contributed by atoms with Gasteiger partial charge in [-0.2, -0.15) is 0 Å². The van der Waals surface area contributed by atoms with E-state index >= 15 is 0 Å². The Morgan fingerprint density at radius 3 is 1.20 bits per heavy atom. The SMILES string of the molecule is [Ba+2].[Ca+2].[H-].[H-].[H-].[H-].[H-].[H-].[H-].[H-].[K+].[Na+].[Sr+2]. The van der Waals surface area contributed by atoms with E-state index in [9.17, 15) is 0 Å². The Hall–Kier alpha value is 6.95. The molecule has 0 N–H and O–H groups in total. The summed E-state index contributed by atoms with van der Waals surface area (Å²) in [6, 6.07) is 0. The van der Waals surface area contributed by atoms with Crippen LogP contribution in [-0.2, 0) is 0 Å². The molecular formula is H8BaCaKNaSr. The van der Waals surface area contributed by atoms with Crippen molar-refractivity contribution in [1.29, 1.82) is 0 Å². The van der Waals surface area contributed by atoms with Gasteiger partial charge in [-0.1, -0.05) is 0 Å². The van der Waals surface area contributed by atoms with Crippen molar-refractivity contribution in [3.63, 3.8) is 0 Å². The van der Waals surface area contributed by atoms with Gasteiger partial charge in [-0.25, -0.2) is 0 Å². The minimum atomic E-state index is 0. The van der Waals surface area contributed by atoms with Crippen LogP contribution in [0.1, 0.15) is 11.4 Å². The Morgan fingerprint density at radius 2 is 1.20 bits per heavy atom. The quantitative estimate of drug-likeness (QED) is 0.387. The summed E-state index contributed by atoms with van der Waals surface area (Å²) >= 11 is 0. The maximum Gasteiger partial charge on any atom is 2.00 e.